The number of ether oxygens (including phenoxy) is 5. The maximum absolute atomic E-state index is 12.1. The smallest absolute Gasteiger partial charge is 0.338 e. The second-order valence-electron chi connectivity index (χ2n) is 5.93. The van der Waals surface area contributed by atoms with Gasteiger partial charge in [-0.2, -0.15) is 0 Å². The maximum atomic E-state index is 12.1. The van der Waals surface area contributed by atoms with Crippen molar-refractivity contribution in [1.29, 1.82) is 0 Å². The number of aliphatic hydroxyl groups is 1. The Bertz CT molecular complexity index is 670. The van der Waals surface area contributed by atoms with Crippen molar-refractivity contribution in [1.82, 2.24) is 0 Å². The summed E-state index contributed by atoms with van der Waals surface area (Å²) >= 11 is 0. The van der Waals surface area contributed by atoms with Gasteiger partial charge in [-0.3, -0.25) is 9.59 Å². The van der Waals surface area contributed by atoms with E-state index < -0.39 is 42.5 Å². The Balaban J connectivity index is 1.96. The topological polar surface area (TPSA) is 118 Å². The van der Waals surface area contributed by atoms with E-state index in [1.165, 1.54) is 21.0 Å². The molecule has 0 saturated carbocycles. The van der Waals surface area contributed by atoms with E-state index >= 15 is 0 Å². The van der Waals surface area contributed by atoms with Gasteiger partial charge in [-0.05, 0) is 24.3 Å². The van der Waals surface area contributed by atoms with Gasteiger partial charge < -0.3 is 28.8 Å². The highest BCUT2D eigenvalue weighted by Crippen LogP contribution is 2.25. The van der Waals surface area contributed by atoms with Crippen LogP contribution in [-0.4, -0.2) is 61.3 Å². The SMILES string of the molecule is COc1ccc(C(=O)OC[C@@H]2C[C@H](OC(C)=O)[C@@H](OC(C)=O)[C@@H](O)O2)cc1. The van der Waals surface area contributed by atoms with Gasteiger partial charge in [-0.15, -0.1) is 0 Å². The molecule has 2 rings (SSSR count). The number of esters is 3. The van der Waals surface area contributed by atoms with Gasteiger partial charge in [0.15, 0.2) is 12.4 Å². The predicted octanol–water partition coefficient (Wildman–Crippen LogP) is 0.823. The molecular formula is C18H22O9. The molecule has 1 N–H and O–H groups in total. The van der Waals surface area contributed by atoms with Crippen LogP contribution in [-0.2, 0) is 28.5 Å². The number of hydrogen-bond donors (Lipinski definition) is 1. The van der Waals surface area contributed by atoms with Crippen LogP contribution in [0.1, 0.15) is 30.6 Å². The summed E-state index contributed by atoms with van der Waals surface area (Å²) in [5.74, 6) is -1.22. The van der Waals surface area contributed by atoms with E-state index in [0.717, 1.165) is 0 Å². The number of hydrogen-bond acceptors (Lipinski definition) is 9. The summed E-state index contributed by atoms with van der Waals surface area (Å²) in [7, 11) is 1.52. The van der Waals surface area contributed by atoms with E-state index in [1.807, 2.05) is 0 Å². The zero-order valence-corrected chi connectivity index (χ0v) is 15.2. The first-order valence-corrected chi connectivity index (χ1v) is 8.29. The van der Waals surface area contributed by atoms with Gasteiger partial charge in [0.2, 0.25) is 0 Å². The van der Waals surface area contributed by atoms with Gasteiger partial charge in [0.25, 0.3) is 0 Å². The third-order valence-electron chi connectivity index (χ3n) is 3.82. The van der Waals surface area contributed by atoms with Crippen molar-refractivity contribution in [3.8, 4) is 5.75 Å². The van der Waals surface area contributed by atoms with Gasteiger partial charge in [-0.25, -0.2) is 4.79 Å². The van der Waals surface area contributed by atoms with Crippen molar-refractivity contribution in [2.45, 2.75) is 44.9 Å². The molecule has 1 aliphatic rings. The summed E-state index contributed by atoms with van der Waals surface area (Å²) in [6, 6.07) is 6.35. The first-order valence-electron chi connectivity index (χ1n) is 8.29. The van der Waals surface area contributed by atoms with Crippen LogP contribution in [0.15, 0.2) is 24.3 Å². The molecule has 1 saturated heterocycles. The molecule has 0 bridgehead atoms. The quantitative estimate of drug-likeness (QED) is 0.563. The Morgan fingerprint density at radius 2 is 1.74 bits per heavy atom. The van der Waals surface area contributed by atoms with Crippen molar-refractivity contribution in [3.05, 3.63) is 29.8 Å². The fourth-order valence-electron chi connectivity index (χ4n) is 2.65. The average molecular weight is 382 g/mol. The largest absolute Gasteiger partial charge is 0.497 e. The molecular weight excluding hydrogens is 360 g/mol. The Hall–Kier alpha value is -2.65. The minimum atomic E-state index is -1.52. The van der Waals surface area contributed by atoms with Crippen molar-refractivity contribution in [2.75, 3.05) is 13.7 Å². The fraction of sp³-hybridized carbons (Fsp3) is 0.500. The molecule has 0 radical (unpaired) electrons. The van der Waals surface area contributed by atoms with E-state index in [2.05, 4.69) is 0 Å². The molecule has 9 nitrogen and oxygen atoms in total. The van der Waals surface area contributed by atoms with Crippen molar-refractivity contribution >= 4 is 17.9 Å². The van der Waals surface area contributed by atoms with Crippen LogP contribution >= 0.6 is 0 Å². The summed E-state index contributed by atoms with van der Waals surface area (Å²) in [6.07, 6.45) is -4.24. The molecule has 27 heavy (non-hydrogen) atoms. The Kier molecular flexibility index (Phi) is 7.14. The van der Waals surface area contributed by atoms with Gasteiger partial charge >= 0.3 is 17.9 Å². The third-order valence-corrected chi connectivity index (χ3v) is 3.82. The molecule has 4 atom stereocenters. The predicted molar refractivity (Wildman–Crippen MR) is 89.9 cm³/mol. The van der Waals surface area contributed by atoms with Crippen molar-refractivity contribution in [2.24, 2.45) is 0 Å². The normalized spacial score (nSPS) is 24.6. The molecule has 0 spiro atoms. The minimum Gasteiger partial charge on any atom is -0.497 e. The van der Waals surface area contributed by atoms with E-state index in [1.54, 1.807) is 24.3 Å². The van der Waals surface area contributed by atoms with Crippen LogP contribution in [0.25, 0.3) is 0 Å². The van der Waals surface area contributed by atoms with Crippen molar-refractivity contribution in [3.63, 3.8) is 0 Å². The second kappa shape index (κ2) is 9.33. The van der Waals surface area contributed by atoms with Gasteiger partial charge in [0.1, 0.15) is 18.5 Å². The lowest BCUT2D eigenvalue weighted by Crippen LogP contribution is -2.52. The van der Waals surface area contributed by atoms with Gasteiger partial charge in [-0.1, -0.05) is 0 Å². The summed E-state index contributed by atoms with van der Waals surface area (Å²) in [6.45, 7) is 2.19. The van der Waals surface area contributed by atoms with Crippen LogP contribution in [0, 0.1) is 0 Å². The number of rotatable bonds is 6. The molecule has 0 amide bonds. The highest BCUT2D eigenvalue weighted by atomic mass is 16.7. The second-order valence-corrected chi connectivity index (χ2v) is 5.93. The molecule has 1 heterocycles. The van der Waals surface area contributed by atoms with E-state index in [-0.39, 0.29) is 13.0 Å². The summed E-state index contributed by atoms with van der Waals surface area (Å²) < 4.78 is 25.6. The molecule has 0 aliphatic carbocycles. The maximum Gasteiger partial charge on any atom is 0.338 e. The first-order chi connectivity index (χ1) is 12.8. The summed E-state index contributed by atoms with van der Waals surface area (Å²) in [5.41, 5.74) is 0.321. The van der Waals surface area contributed by atoms with Gasteiger partial charge in [0, 0.05) is 20.3 Å². The van der Waals surface area contributed by atoms with Gasteiger partial charge in [0.05, 0.1) is 18.8 Å². The van der Waals surface area contributed by atoms with Crippen LogP contribution in [0.5, 0.6) is 5.75 Å². The highest BCUT2D eigenvalue weighted by Gasteiger charge is 2.42. The van der Waals surface area contributed by atoms with Crippen LogP contribution < -0.4 is 4.74 Å². The zero-order chi connectivity index (χ0) is 20.0. The molecule has 1 fully saturated rings. The summed E-state index contributed by atoms with van der Waals surface area (Å²) in [4.78, 5) is 34.6. The molecule has 9 heteroatoms. The van der Waals surface area contributed by atoms with Crippen molar-refractivity contribution < 1.29 is 43.2 Å². The summed E-state index contributed by atoms with van der Waals surface area (Å²) in [5, 5.41) is 10.1. The molecule has 0 unspecified atom stereocenters. The number of aliphatic hydroxyl groups excluding tert-OH is 1. The molecule has 0 aromatic heterocycles. The lowest BCUT2D eigenvalue weighted by atomic mass is 10.0. The van der Waals surface area contributed by atoms with E-state index in [0.29, 0.717) is 11.3 Å². The lowest BCUT2D eigenvalue weighted by molar-refractivity contribution is -0.262. The third kappa shape index (κ3) is 5.93. The standard InChI is InChI=1S/C18H22O9/c1-10(19)25-15-8-14(27-18(22)16(15)26-11(2)20)9-24-17(21)12-4-6-13(23-3)7-5-12/h4-7,14-16,18,22H,8-9H2,1-3H3/t14-,15-,16+,18-/m0/s1. The first kappa shape index (κ1) is 20.7. The Morgan fingerprint density at radius 1 is 1.11 bits per heavy atom. The number of carbonyl (C=O) groups excluding carboxylic acids is 3. The number of carbonyl (C=O) groups is 3. The number of methoxy groups -OCH3 is 1. The number of benzene rings is 1. The highest BCUT2D eigenvalue weighted by molar-refractivity contribution is 5.89. The van der Waals surface area contributed by atoms with E-state index in [9.17, 15) is 19.5 Å². The monoisotopic (exact) mass is 382 g/mol. The molecule has 1 aromatic rings. The van der Waals surface area contributed by atoms with E-state index in [4.69, 9.17) is 23.7 Å². The minimum absolute atomic E-state index is 0.0878. The fourth-order valence-corrected chi connectivity index (χ4v) is 2.65. The molecule has 1 aliphatic heterocycles. The Morgan fingerprint density at radius 3 is 2.30 bits per heavy atom. The van der Waals surface area contributed by atoms with Crippen LogP contribution in [0.3, 0.4) is 0 Å². The molecule has 148 valence electrons. The average Bonchev–Trinajstić information content (AvgIpc) is 2.62. The lowest BCUT2D eigenvalue weighted by Gasteiger charge is -2.37. The van der Waals surface area contributed by atoms with Crippen LogP contribution in [0.4, 0.5) is 0 Å². The molecule has 1 aromatic carbocycles. The van der Waals surface area contributed by atoms with Crippen LogP contribution in [0.2, 0.25) is 0 Å². The zero-order valence-electron chi connectivity index (χ0n) is 15.2. The Labute approximate surface area is 156 Å².